The molecule has 0 bridgehead atoms. The van der Waals surface area contributed by atoms with Crippen LogP contribution in [0.4, 0.5) is 0 Å². The second kappa shape index (κ2) is 14.6. The van der Waals surface area contributed by atoms with Gasteiger partial charge in [-0.05, 0) is 80.3 Å². The van der Waals surface area contributed by atoms with Gasteiger partial charge in [0, 0.05) is 10.0 Å². The summed E-state index contributed by atoms with van der Waals surface area (Å²) in [5, 5.41) is 25.4. The van der Waals surface area contributed by atoms with Crippen molar-refractivity contribution in [2.45, 2.75) is 69.4 Å². The molecule has 4 rings (SSSR count). The first kappa shape index (κ1) is 30.7. The van der Waals surface area contributed by atoms with Gasteiger partial charge < -0.3 is 27.4 Å². The molecule has 9 nitrogen and oxygen atoms in total. The number of nitrogens with one attached hydrogen (secondary N) is 5. The number of halogens is 1. The zero-order chi connectivity index (χ0) is 29.4. The Morgan fingerprint density at radius 3 is 2.12 bits per heavy atom. The van der Waals surface area contributed by atoms with Gasteiger partial charge in [-0.3, -0.25) is 20.4 Å². The fourth-order valence-corrected chi connectivity index (χ4v) is 6.55. The fourth-order valence-electron chi connectivity index (χ4n) is 6.13. The molecule has 0 spiro atoms. The van der Waals surface area contributed by atoms with Gasteiger partial charge in [0.15, 0.2) is 0 Å². The molecule has 1 saturated carbocycles. The standard InChI is InChI=1S/C31H42BrN7O2/c32-24-8-4-7-23(18-24)25(17-19-9-11-22(12-10-19)28(33)34)30(40)39-27(20-5-2-1-3-6-20)31(41)38-26(29(35)36)21-13-15-37-16-14-21/h4,7-12,18,20-21,25-27,37H,1-3,5-6,13-17H2,(H3,33,34)(H3,35,36)(H,38,41)(H,39,40)/t25?,26?,27-/m0/s1. The van der Waals surface area contributed by atoms with Gasteiger partial charge in [0.1, 0.15) is 17.7 Å². The molecule has 2 unspecified atom stereocenters. The fraction of sp³-hybridized carbons (Fsp3) is 0.484. The van der Waals surface area contributed by atoms with Crippen LogP contribution >= 0.6 is 15.9 Å². The highest BCUT2D eigenvalue weighted by Gasteiger charge is 2.36. The molecule has 2 aromatic carbocycles. The minimum atomic E-state index is -0.707. The van der Waals surface area contributed by atoms with E-state index in [-0.39, 0.29) is 35.3 Å². The first-order valence-electron chi connectivity index (χ1n) is 14.6. The average molecular weight is 625 g/mol. The topological polar surface area (TPSA) is 170 Å². The third kappa shape index (κ3) is 8.39. The predicted molar refractivity (Wildman–Crippen MR) is 166 cm³/mol. The Morgan fingerprint density at radius 1 is 0.878 bits per heavy atom. The van der Waals surface area contributed by atoms with E-state index in [1.54, 1.807) is 12.1 Å². The number of nitrogens with two attached hydrogens (primary N) is 2. The van der Waals surface area contributed by atoms with E-state index in [9.17, 15) is 9.59 Å². The number of benzene rings is 2. The Hall–Kier alpha value is -3.24. The van der Waals surface area contributed by atoms with E-state index in [1.165, 1.54) is 0 Å². The van der Waals surface area contributed by atoms with Crippen LogP contribution in [0.5, 0.6) is 0 Å². The lowest BCUT2D eigenvalue weighted by Crippen LogP contribution is -2.58. The largest absolute Gasteiger partial charge is 0.386 e. The smallest absolute Gasteiger partial charge is 0.243 e. The molecule has 41 heavy (non-hydrogen) atoms. The summed E-state index contributed by atoms with van der Waals surface area (Å²) in [4.78, 5) is 28.0. The highest BCUT2D eigenvalue weighted by Crippen LogP contribution is 2.29. The van der Waals surface area contributed by atoms with E-state index in [0.717, 1.165) is 73.6 Å². The molecule has 9 N–H and O–H groups in total. The Morgan fingerprint density at radius 2 is 1.51 bits per heavy atom. The summed E-state index contributed by atoms with van der Waals surface area (Å²) >= 11 is 3.54. The van der Waals surface area contributed by atoms with Crippen LogP contribution in [0.25, 0.3) is 0 Å². The Labute approximate surface area is 250 Å². The normalized spacial score (nSPS) is 18.6. The molecule has 1 saturated heterocycles. The lowest BCUT2D eigenvalue weighted by molar-refractivity contribution is -0.131. The number of nitrogen functional groups attached to an aromatic ring is 1. The Bertz CT molecular complexity index is 1220. The van der Waals surface area contributed by atoms with Gasteiger partial charge in [-0.2, -0.15) is 0 Å². The molecule has 1 heterocycles. The number of amides is 2. The number of hydrogen-bond donors (Lipinski definition) is 7. The molecular weight excluding hydrogens is 582 g/mol. The molecule has 2 aliphatic rings. The van der Waals surface area contributed by atoms with Crippen molar-refractivity contribution in [2.24, 2.45) is 23.3 Å². The van der Waals surface area contributed by atoms with Crippen LogP contribution in [-0.2, 0) is 16.0 Å². The summed E-state index contributed by atoms with van der Waals surface area (Å²) in [5.74, 6) is -0.956. The second-order valence-electron chi connectivity index (χ2n) is 11.3. The summed E-state index contributed by atoms with van der Waals surface area (Å²) in [5.41, 5.74) is 14.0. The van der Waals surface area contributed by atoms with Gasteiger partial charge in [0.25, 0.3) is 0 Å². The molecule has 0 aromatic heterocycles. The van der Waals surface area contributed by atoms with Gasteiger partial charge in [-0.25, -0.2) is 0 Å². The minimum absolute atomic E-state index is 0.00692. The van der Waals surface area contributed by atoms with E-state index in [0.29, 0.717) is 12.0 Å². The monoisotopic (exact) mass is 623 g/mol. The van der Waals surface area contributed by atoms with Crippen molar-refractivity contribution >= 4 is 39.4 Å². The first-order valence-corrected chi connectivity index (χ1v) is 15.4. The van der Waals surface area contributed by atoms with Gasteiger partial charge >= 0.3 is 0 Å². The Kier molecular flexibility index (Phi) is 10.9. The Balaban J connectivity index is 1.59. The molecule has 2 aromatic rings. The number of carbonyl (C=O) groups is 2. The van der Waals surface area contributed by atoms with Crippen LogP contribution in [-0.4, -0.2) is 48.7 Å². The maximum Gasteiger partial charge on any atom is 0.243 e. The van der Waals surface area contributed by atoms with Gasteiger partial charge in [-0.1, -0.05) is 71.6 Å². The molecule has 220 valence electrons. The van der Waals surface area contributed by atoms with Crippen LogP contribution in [0.2, 0.25) is 0 Å². The molecule has 0 radical (unpaired) electrons. The predicted octanol–water partition coefficient (Wildman–Crippen LogP) is 3.54. The number of rotatable bonds is 11. The SMILES string of the molecule is N=C(N)c1ccc(CC(C(=O)N[C@H](C(=O)NC(C(=N)N)C2CCNCC2)C2CCCCC2)c2cccc(Br)c2)cc1. The molecule has 2 amide bonds. The van der Waals surface area contributed by atoms with Gasteiger partial charge in [0.05, 0.1) is 12.0 Å². The van der Waals surface area contributed by atoms with Crippen LogP contribution < -0.4 is 27.4 Å². The van der Waals surface area contributed by atoms with Crippen LogP contribution in [0.15, 0.2) is 53.0 Å². The van der Waals surface area contributed by atoms with Crippen LogP contribution in [0.1, 0.15) is 67.6 Å². The van der Waals surface area contributed by atoms with E-state index in [2.05, 4.69) is 31.9 Å². The van der Waals surface area contributed by atoms with E-state index >= 15 is 0 Å². The third-order valence-corrected chi connectivity index (χ3v) is 8.96. The molecule has 3 atom stereocenters. The average Bonchev–Trinajstić information content (AvgIpc) is 2.98. The first-order chi connectivity index (χ1) is 19.7. The summed E-state index contributed by atoms with van der Waals surface area (Å²) in [6.07, 6.45) is 6.98. The zero-order valence-electron chi connectivity index (χ0n) is 23.4. The highest BCUT2D eigenvalue weighted by atomic mass is 79.9. The van der Waals surface area contributed by atoms with Crippen LogP contribution in [0, 0.1) is 22.7 Å². The van der Waals surface area contributed by atoms with E-state index < -0.39 is 18.0 Å². The molecule has 1 aliphatic carbocycles. The van der Waals surface area contributed by atoms with Crippen molar-refractivity contribution in [1.29, 1.82) is 10.8 Å². The van der Waals surface area contributed by atoms with Crippen molar-refractivity contribution in [2.75, 3.05) is 13.1 Å². The van der Waals surface area contributed by atoms with Gasteiger partial charge in [-0.15, -0.1) is 0 Å². The van der Waals surface area contributed by atoms with Crippen molar-refractivity contribution in [1.82, 2.24) is 16.0 Å². The van der Waals surface area contributed by atoms with E-state index in [4.69, 9.17) is 22.3 Å². The van der Waals surface area contributed by atoms with Crippen molar-refractivity contribution in [3.8, 4) is 0 Å². The number of amidine groups is 2. The summed E-state index contributed by atoms with van der Waals surface area (Å²) in [6.45, 7) is 1.66. The maximum atomic E-state index is 14.1. The summed E-state index contributed by atoms with van der Waals surface area (Å²) in [6, 6.07) is 13.8. The minimum Gasteiger partial charge on any atom is -0.386 e. The molecular formula is C31H42BrN7O2. The lowest BCUT2D eigenvalue weighted by atomic mass is 9.82. The van der Waals surface area contributed by atoms with Crippen LogP contribution in [0.3, 0.4) is 0 Å². The number of piperidine rings is 1. The lowest BCUT2D eigenvalue weighted by Gasteiger charge is -2.35. The third-order valence-electron chi connectivity index (χ3n) is 8.46. The number of hydrogen-bond acceptors (Lipinski definition) is 5. The summed E-state index contributed by atoms with van der Waals surface area (Å²) in [7, 11) is 0. The highest BCUT2D eigenvalue weighted by molar-refractivity contribution is 9.10. The molecule has 10 heteroatoms. The van der Waals surface area contributed by atoms with Gasteiger partial charge in [0.2, 0.25) is 11.8 Å². The van der Waals surface area contributed by atoms with Crippen molar-refractivity contribution < 1.29 is 9.59 Å². The summed E-state index contributed by atoms with van der Waals surface area (Å²) < 4.78 is 0.868. The molecule has 1 aliphatic heterocycles. The van der Waals surface area contributed by atoms with Crippen molar-refractivity contribution in [3.63, 3.8) is 0 Å². The molecule has 2 fully saturated rings. The second-order valence-corrected chi connectivity index (χ2v) is 12.3. The zero-order valence-corrected chi connectivity index (χ0v) is 25.0. The maximum absolute atomic E-state index is 14.1. The quantitative estimate of drug-likeness (QED) is 0.150. The van der Waals surface area contributed by atoms with Crippen molar-refractivity contribution in [3.05, 3.63) is 69.7 Å². The number of carbonyl (C=O) groups excluding carboxylic acids is 2. The van der Waals surface area contributed by atoms with E-state index in [1.807, 2.05) is 36.4 Å².